The van der Waals surface area contributed by atoms with Gasteiger partial charge in [-0.1, -0.05) is 94.3 Å². The van der Waals surface area contributed by atoms with Gasteiger partial charge in [0.1, 0.15) is 5.75 Å². The molecule has 0 radical (unpaired) electrons. The zero-order chi connectivity index (χ0) is 32.5. The van der Waals surface area contributed by atoms with Gasteiger partial charge in [0.2, 0.25) is 0 Å². The number of unbranched alkanes of at least 4 members (excludes halogenated alkanes) is 7. The zero-order valence-corrected chi connectivity index (χ0v) is 26.7. The first kappa shape index (κ1) is 36.1. The summed E-state index contributed by atoms with van der Waals surface area (Å²) in [4.78, 5) is 15.9. The van der Waals surface area contributed by atoms with Crippen molar-refractivity contribution in [3.63, 3.8) is 0 Å². The van der Waals surface area contributed by atoms with Gasteiger partial charge in [-0.15, -0.1) is 0 Å². The highest BCUT2D eigenvalue weighted by molar-refractivity contribution is 5.82. The van der Waals surface area contributed by atoms with Gasteiger partial charge in [-0.05, 0) is 73.4 Å². The summed E-state index contributed by atoms with van der Waals surface area (Å²) in [6.45, 7) is 3.79. The van der Waals surface area contributed by atoms with E-state index in [1.54, 1.807) is 6.20 Å². The Morgan fingerprint density at radius 3 is 2.20 bits per heavy atom. The Labute approximate surface area is 266 Å². The molecule has 5 nitrogen and oxygen atoms in total. The normalized spacial score (nSPS) is 13.0. The number of rotatable bonds is 21. The number of ether oxygens (including phenoxy) is 2. The van der Waals surface area contributed by atoms with Gasteiger partial charge < -0.3 is 14.6 Å². The van der Waals surface area contributed by atoms with E-state index in [-0.39, 0.29) is 18.9 Å². The third kappa shape index (κ3) is 12.9. The number of aliphatic carboxylic acids is 1. The number of pyridine rings is 1. The molecule has 8 heteroatoms. The number of aromatic nitrogens is 1. The van der Waals surface area contributed by atoms with Crippen molar-refractivity contribution in [3.05, 3.63) is 72.4 Å². The van der Waals surface area contributed by atoms with Crippen LogP contribution in [0.25, 0.3) is 22.4 Å². The maximum atomic E-state index is 13.0. The van der Waals surface area contributed by atoms with E-state index in [1.807, 2.05) is 60.7 Å². The van der Waals surface area contributed by atoms with Gasteiger partial charge in [0.05, 0.1) is 18.5 Å². The molecule has 0 saturated carbocycles. The van der Waals surface area contributed by atoms with Gasteiger partial charge in [0.25, 0.3) is 0 Å². The highest BCUT2D eigenvalue weighted by atomic mass is 19.4. The van der Waals surface area contributed by atoms with Crippen LogP contribution in [0.15, 0.2) is 66.9 Å². The minimum atomic E-state index is -4.43. The average molecular weight is 628 g/mol. The number of carboxylic acid groups (broad SMARTS) is 1. The fourth-order valence-electron chi connectivity index (χ4n) is 5.41. The van der Waals surface area contributed by atoms with Crippen molar-refractivity contribution in [2.45, 2.75) is 109 Å². The van der Waals surface area contributed by atoms with E-state index in [4.69, 9.17) is 14.5 Å². The number of alkyl halides is 3. The van der Waals surface area contributed by atoms with Gasteiger partial charge in [0, 0.05) is 18.6 Å². The molecule has 2 atom stereocenters. The smallest absolute Gasteiger partial charge is 0.414 e. The van der Waals surface area contributed by atoms with Crippen molar-refractivity contribution in [2.24, 2.45) is 0 Å². The molecular weight excluding hydrogens is 579 g/mol. The SMILES string of the molecule is CCCCCCCCCCOc1ccc(-c2cc(C(CCCC(=O)O)CCOC(C)C(F)(F)F)ccc2-c2ccccc2)nc1. The highest BCUT2D eigenvalue weighted by Gasteiger charge is 2.36. The average Bonchev–Trinajstić information content (AvgIpc) is 3.03. The van der Waals surface area contributed by atoms with E-state index in [9.17, 15) is 23.1 Å². The lowest BCUT2D eigenvalue weighted by Gasteiger charge is -2.22. The standard InChI is InChI=1S/C37H48F3NO4/c1-3-4-5-6-7-8-9-13-24-45-32-20-22-35(41-27-32)34-26-31(19-21-33(34)30-15-11-10-12-16-30)29(17-14-18-36(42)43)23-25-44-28(2)37(38,39)40/h10-12,15-16,19-22,26-29H,3-9,13-14,17-18,23-25H2,1-2H3,(H,42,43). The van der Waals surface area contributed by atoms with E-state index < -0.39 is 18.2 Å². The molecule has 1 heterocycles. The third-order valence-electron chi connectivity index (χ3n) is 8.12. The second kappa shape index (κ2) is 19.2. The Morgan fingerprint density at radius 2 is 1.56 bits per heavy atom. The van der Waals surface area contributed by atoms with Crippen molar-refractivity contribution in [3.8, 4) is 28.1 Å². The first-order chi connectivity index (χ1) is 21.7. The highest BCUT2D eigenvalue weighted by Crippen LogP contribution is 2.36. The Morgan fingerprint density at radius 1 is 0.844 bits per heavy atom. The Kier molecular flexibility index (Phi) is 15.4. The van der Waals surface area contributed by atoms with Gasteiger partial charge in [-0.3, -0.25) is 9.78 Å². The summed E-state index contributed by atoms with van der Waals surface area (Å²) in [5.41, 5.74) is 4.55. The molecule has 45 heavy (non-hydrogen) atoms. The molecule has 0 saturated heterocycles. The number of carboxylic acids is 1. The van der Waals surface area contributed by atoms with Gasteiger partial charge in [-0.25, -0.2) is 0 Å². The molecule has 0 aliphatic heterocycles. The molecule has 1 N–H and O–H groups in total. The van der Waals surface area contributed by atoms with E-state index in [2.05, 4.69) is 6.92 Å². The number of hydrogen-bond acceptors (Lipinski definition) is 4. The number of carbonyl (C=O) groups is 1. The first-order valence-corrected chi connectivity index (χ1v) is 16.4. The van der Waals surface area contributed by atoms with Crippen LogP contribution in [-0.2, 0) is 9.53 Å². The first-order valence-electron chi connectivity index (χ1n) is 16.4. The van der Waals surface area contributed by atoms with Crippen molar-refractivity contribution < 1.29 is 32.5 Å². The lowest BCUT2D eigenvalue weighted by molar-refractivity contribution is -0.214. The summed E-state index contributed by atoms with van der Waals surface area (Å²) in [6, 6.07) is 19.8. The predicted octanol–water partition coefficient (Wildman–Crippen LogP) is 10.6. The molecule has 2 unspecified atom stereocenters. The fourth-order valence-corrected chi connectivity index (χ4v) is 5.41. The molecule has 3 rings (SSSR count). The summed E-state index contributed by atoms with van der Waals surface area (Å²) >= 11 is 0. The molecule has 246 valence electrons. The Balaban J connectivity index is 1.76. The van der Waals surface area contributed by atoms with E-state index in [0.717, 1.165) is 47.7 Å². The largest absolute Gasteiger partial charge is 0.492 e. The molecule has 0 spiro atoms. The topological polar surface area (TPSA) is 68.7 Å². The lowest BCUT2D eigenvalue weighted by atomic mass is 9.86. The van der Waals surface area contributed by atoms with Crippen LogP contribution < -0.4 is 4.74 Å². The summed E-state index contributed by atoms with van der Waals surface area (Å²) < 4.78 is 50.1. The molecule has 3 aromatic rings. The number of nitrogens with zero attached hydrogens (tertiary/aromatic N) is 1. The maximum Gasteiger partial charge on any atom is 0.414 e. The Hall–Kier alpha value is -3.39. The molecule has 1 aromatic heterocycles. The lowest BCUT2D eigenvalue weighted by Crippen LogP contribution is -2.29. The van der Waals surface area contributed by atoms with E-state index in [0.29, 0.717) is 31.6 Å². The second-order valence-electron chi connectivity index (χ2n) is 11.7. The minimum Gasteiger partial charge on any atom is -0.492 e. The van der Waals surface area contributed by atoms with Crippen molar-refractivity contribution in [2.75, 3.05) is 13.2 Å². The van der Waals surface area contributed by atoms with Crippen LogP contribution in [0, 0.1) is 0 Å². The molecule has 0 fully saturated rings. The number of benzene rings is 2. The predicted molar refractivity (Wildman–Crippen MR) is 174 cm³/mol. The monoisotopic (exact) mass is 627 g/mol. The van der Waals surface area contributed by atoms with Gasteiger partial charge in [0.15, 0.2) is 6.10 Å². The minimum absolute atomic E-state index is 0.00670. The Bertz CT molecular complexity index is 1260. The molecule has 0 aliphatic carbocycles. The summed E-state index contributed by atoms with van der Waals surface area (Å²) in [7, 11) is 0. The number of hydrogen-bond donors (Lipinski definition) is 1. The zero-order valence-electron chi connectivity index (χ0n) is 26.7. The molecule has 2 aromatic carbocycles. The van der Waals surface area contributed by atoms with Crippen molar-refractivity contribution in [1.82, 2.24) is 4.98 Å². The second-order valence-corrected chi connectivity index (χ2v) is 11.7. The summed E-state index contributed by atoms with van der Waals surface area (Å²) in [5, 5.41) is 9.17. The van der Waals surface area contributed by atoms with Crippen LogP contribution in [0.4, 0.5) is 13.2 Å². The molecule has 0 aliphatic rings. The van der Waals surface area contributed by atoms with Crippen LogP contribution in [0.5, 0.6) is 5.75 Å². The maximum absolute atomic E-state index is 13.0. The third-order valence-corrected chi connectivity index (χ3v) is 8.12. The molecule has 0 bridgehead atoms. The molecular formula is C37H48F3NO4. The van der Waals surface area contributed by atoms with Gasteiger partial charge in [-0.2, -0.15) is 13.2 Å². The van der Waals surface area contributed by atoms with Crippen LogP contribution in [-0.4, -0.2) is 41.6 Å². The summed E-state index contributed by atoms with van der Waals surface area (Å²) in [6.07, 6.45) is 6.56. The van der Waals surface area contributed by atoms with Crippen LogP contribution in [0.2, 0.25) is 0 Å². The fraction of sp³-hybridized carbons (Fsp3) is 0.514. The van der Waals surface area contributed by atoms with Gasteiger partial charge >= 0.3 is 12.1 Å². The van der Waals surface area contributed by atoms with Crippen molar-refractivity contribution >= 4 is 5.97 Å². The number of halogens is 3. The van der Waals surface area contributed by atoms with Crippen molar-refractivity contribution in [1.29, 1.82) is 0 Å². The van der Waals surface area contributed by atoms with Crippen LogP contribution in [0.3, 0.4) is 0 Å². The van der Waals surface area contributed by atoms with Crippen LogP contribution >= 0.6 is 0 Å². The van der Waals surface area contributed by atoms with E-state index >= 15 is 0 Å². The summed E-state index contributed by atoms with van der Waals surface area (Å²) in [5.74, 6) is -0.367. The van der Waals surface area contributed by atoms with E-state index in [1.165, 1.54) is 38.5 Å². The molecule has 0 amide bonds. The van der Waals surface area contributed by atoms with Crippen LogP contribution in [0.1, 0.15) is 102 Å². The quantitative estimate of drug-likeness (QED) is 0.119.